The molecule has 0 aliphatic heterocycles. The Balaban J connectivity index is 1.57. The molecule has 3 aromatic rings. The Labute approximate surface area is 177 Å². The smallest absolute Gasteiger partial charge is 0.238 e. The average molecular weight is 405 g/mol. The number of carbonyl (C=O) groups is 1. The molecule has 4 heteroatoms. The Kier molecular flexibility index (Phi) is 5.55. The summed E-state index contributed by atoms with van der Waals surface area (Å²) in [5.74, 6) is 0.293. The number of hydrogen-bond donors (Lipinski definition) is 1. The van der Waals surface area contributed by atoms with E-state index < -0.39 is 0 Å². The number of fused-ring (bicyclic) bond motifs is 1. The minimum absolute atomic E-state index is 0.0270. The van der Waals surface area contributed by atoms with Gasteiger partial charge in [-0.2, -0.15) is 0 Å². The van der Waals surface area contributed by atoms with E-state index in [1.807, 2.05) is 60.7 Å². The van der Waals surface area contributed by atoms with Crippen LogP contribution in [0.5, 0.6) is 0 Å². The summed E-state index contributed by atoms with van der Waals surface area (Å²) in [5, 5.41) is 3.85. The van der Waals surface area contributed by atoms with Gasteiger partial charge in [0.1, 0.15) is 0 Å². The third-order valence-electron chi connectivity index (χ3n) is 5.92. The zero-order chi connectivity index (χ0) is 20.4. The maximum atomic E-state index is 13.3. The van der Waals surface area contributed by atoms with Gasteiger partial charge in [-0.25, -0.2) is 4.98 Å². The number of nitrogens with zero attached hydrogens (tertiary/aromatic N) is 1. The van der Waals surface area contributed by atoms with Gasteiger partial charge < -0.3 is 5.32 Å². The Bertz CT molecular complexity index is 934. The number of anilines is 1. The van der Waals surface area contributed by atoms with Crippen LogP contribution in [-0.2, 0) is 17.6 Å². The van der Waals surface area contributed by atoms with Gasteiger partial charge in [-0.15, -0.1) is 11.3 Å². The molecule has 1 aliphatic carbocycles. The van der Waals surface area contributed by atoms with Crippen molar-refractivity contribution in [3.05, 3.63) is 82.4 Å². The molecule has 0 spiro atoms. The summed E-state index contributed by atoms with van der Waals surface area (Å²) in [5.41, 5.74) is 3.45. The number of amides is 1. The van der Waals surface area contributed by atoms with E-state index in [0.29, 0.717) is 11.3 Å². The van der Waals surface area contributed by atoms with Crippen LogP contribution < -0.4 is 5.32 Å². The third-order valence-corrected chi connectivity index (χ3v) is 6.96. The van der Waals surface area contributed by atoms with E-state index in [1.54, 1.807) is 11.3 Å². The summed E-state index contributed by atoms with van der Waals surface area (Å²) < 4.78 is 0. The normalized spacial score (nSPS) is 16.5. The van der Waals surface area contributed by atoms with Crippen molar-refractivity contribution in [3.63, 3.8) is 0 Å². The van der Waals surface area contributed by atoms with Crippen molar-refractivity contribution < 1.29 is 4.79 Å². The van der Waals surface area contributed by atoms with Crippen LogP contribution in [0.1, 0.15) is 54.8 Å². The van der Waals surface area contributed by atoms with Gasteiger partial charge in [0, 0.05) is 4.88 Å². The highest BCUT2D eigenvalue weighted by atomic mass is 32.1. The van der Waals surface area contributed by atoms with Gasteiger partial charge in [0.05, 0.1) is 11.6 Å². The Hall–Kier alpha value is -2.46. The molecule has 1 atom stereocenters. The van der Waals surface area contributed by atoms with Crippen LogP contribution in [0.25, 0.3) is 0 Å². The summed E-state index contributed by atoms with van der Waals surface area (Å²) in [7, 11) is 0. The molecular weight excluding hydrogens is 376 g/mol. The number of benzene rings is 2. The van der Waals surface area contributed by atoms with Crippen molar-refractivity contribution >= 4 is 22.4 Å². The molecule has 1 amide bonds. The van der Waals surface area contributed by atoms with Crippen molar-refractivity contribution in [2.75, 3.05) is 5.32 Å². The molecule has 0 saturated heterocycles. The van der Waals surface area contributed by atoms with Crippen LogP contribution in [0.15, 0.2) is 60.7 Å². The molecule has 1 heterocycles. The molecule has 0 saturated carbocycles. The zero-order valence-corrected chi connectivity index (χ0v) is 18.1. The highest BCUT2D eigenvalue weighted by Crippen LogP contribution is 2.40. The van der Waals surface area contributed by atoms with Gasteiger partial charge >= 0.3 is 0 Å². The molecule has 29 heavy (non-hydrogen) atoms. The number of aromatic nitrogens is 1. The predicted molar refractivity (Wildman–Crippen MR) is 120 cm³/mol. The SMILES string of the molecule is CC(C)(C)C1CCc2nc(NC(=O)C(c3ccccc3)c3ccccc3)sc2C1. The summed E-state index contributed by atoms with van der Waals surface area (Å²) in [6, 6.07) is 19.9. The lowest BCUT2D eigenvalue weighted by atomic mass is 9.73. The van der Waals surface area contributed by atoms with Crippen LogP contribution in [0.2, 0.25) is 0 Å². The second-order valence-electron chi connectivity index (χ2n) is 8.94. The average Bonchev–Trinajstić information content (AvgIpc) is 3.10. The van der Waals surface area contributed by atoms with Crippen LogP contribution in [-0.4, -0.2) is 10.9 Å². The van der Waals surface area contributed by atoms with Gasteiger partial charge in [0.25, 0.3) is 0 Å². The van der Waals surface area contributed by atoms with Gasteiger partial charge in [-0.05, 0) is 41.7 Å². The molecule has 1 aromatic heterocycles. The first kappa shape index (κ1) is 19.8. The molecule has 1 aliphatic rings. The fourth-order valence-electron chi connectivity index (χ4n) is 4.13. The fourth-order valence-corrected chi connectivity index (χ4v) is 5.22. The maximum absolute atomic E-state index is 13.3. The summed E-state index contributed by atoms with van der Waals surface area (Å²) in [6.07, 6.45) is 3.24. The second-order valence-corrected chi connectivity index (χ2v) is 10.0. The van der Waals surface area contributed by atoms with E-state index in [0.717, 1.165) is 29.1 Å². The highest BCUT2D eigenvalue weighted by molar-refractivity contribution is 7.15. The second kappa shape index (κ2) is 8.11. The van der Waals surface area contributed by atoms with Crippen LogP contribution >= 0.6 is 11.3 Å². The molecule has 0 bridgehead atoms. The monoisotopic (exact) mass is 404 g/mol. The molecule has 3 nitrogen and oxygen atoms in total. The standard InChI is InChI=1S/C25H28N2OS/c1-25(2,3)19-14-15-20-21(16-19)29-24(26-20)27-23(28)22(17-10-6-4-7-11-17)18-12-8-5-9-13-18/h4-13,19,22H,14-16H2,1-3H3,(H,26,27,28). The lowest BCUT2D eigenvalue weighted by molar-refractivity contribution is -0.116. The molecule has 0 radical (unpaired) electrons. The van der Waals surface area contributed by atoms with Gasteiger partial charge in [-0.3, -0.25) is 4.79 Å². The molecule has 150 valence electrons. The van der Waals surface area contributed by atoms with Crippen molar-refractivity contribution in [3.8, 4) is 0 Å². The number of hydrogen-bond acceptors (Lipinski definition) is 3. The minimum Gasteiger partial charge on any atom is -0.301 e. The van der Waals surface area contributed by atoms with E-state index in [2.05, 4.69) is 26.1 Å². The first-order chi connectivity index (χ1) is 13.9. The molecule has 1 N–H and O–H groups in total. The van der Waals surface area contributed by atoms with E-state index in [1.165, 1.54) is 17.0 Å². The lowest BCUT2D eigenvalue weighted by Gasteiger charge is -2.33. The largest absolute Gasteiger partial charge is 0.301 e. The summed E-state index contributed by atoms with van der Waals surface area (Å²) in [4.78, 5) is 19.4. The van der Waals surface area contributed by atoms with E-state index >= 15 is 0 Å². The fraction of sp³-hybridized carbons (Fsp3) is 0.360. The molecule has 4 rings (SSSR count). The Morgan fingerprint density at radius 2 is 1.62 bits per heavy atom. The van der Waals surface area contributed by atoms with Crippen LogP contribution in [0, 0.1) is 11.3 Å². The number of nitrogens with one attached hydrogen (secondary N) is 1. The van der Waals surface area contributed by atoms with E-state index in [4.69, 9.17) is 4.98 Å². The topological polar surface area (TPSA) is 42.0 Å². The van der Waals surface area contributed by atoms with E-state index in [-0.39, 0.29) is 11.8 Å². The van der Waals surface area contributed by atoms with Crippen LogP contribution in [0.3, 0.4) is 0 Å². The first-order valence-corrected chi connectivity index (χ1v) is 11.1. The summed E-state index contributed by atoms with van der Waals surface area (Å²) >= 11 is 1.65. The number of rotatable bonds is 4. The van der Waals surface area contributed by atoms with Crippen LogP contribution in [0.4, 0.5) is 5.13 Å². The van der Waals surface area contributed by atoms with E-state index in [9.17, 15) is 4.79 Å². The summed E-state index contributed by atoms with van der Waals surface area (Å²) in [6.45, 7) is 6.95. The highest BCUT2D eigenvalue weighted by Gasteiger charge is 2.31. The maximum Gasteiger partial charge on any atom is 0.238 e. The van der Waals surface area contributed by atoms with Crippen molar-refractivity contribution in [1.29, 1.82) is 0 Å². The number of thiazole rings is 1. The van der Waals surface area contributed by atoms with Gasteiger partial charge in [-0.1, -0.05) is 81.4 Å². The Morgan fingerprint density at radius 1 is 1.03 bits per heavy atom. The molecular formula is C25H28N2OS. The molecule has 0 fully saturated rings. The predicted octanol–water partition coefficient (Wildman–Crippen LogP) is 6.06. The molecule has 1 unspecified atom stereocenters. The van der Waals surface area contributed by atoms with Crippen molar-refractivity contribution in [2.45, 2.75) is 46.0 Å². The number of carbonyl (C=O) groups excluding carboxylic acids is 1. The van der Waals surface area contributed by atoms with Gasteiger partial charge in [0.2, 0.25) is 5.91 Å². The van der Waals surface area contributed by atoms with Gasteiger partial charge in [0.15, 0.2) is 5.13 Å². The quantitative estimate of drug-likeness (QED) is 0.574. The van der Waals surface area contributed by atoms with Crippen molar-refractivity contribution in [2.24, 2.45) is 11.3 Å². The zero-order valence-electron chi connectivity index (χ0n) is 17.3. The molecule has 2 aromatic carbocycles. The third kappa shape index (κ3) is 4.43. The number of aryl methyl sites for hydroxylation is 1. The lowest BCUT2D eigenvalue weighted by Crippen LogP contribution is -2.26. The first-order valence-electron chi connectivity index (χ1n) is 10.3. The van der Waals surface area contributed by atoms with Crippen molar-refractivity contribution in [1.82, 2.24) is 4.98 Å². The Morgan fingerprint density at radius 3 is 2.17 bits per heavy atom. The minimum atomic E-state index is -0.347.